The molecule has 3 rings (SSSR count). The second kappa shape index (κ2) is 26.8. The molecule has 0 radical (unpaired) electrons. The van der Waals surface area contributed by atoms with E-state index in [0.29, 0.717) is 6.42 Å². The first-order chi connectivity index (χ1) is 27.8. The third-order valence-corrected chi connectivity index (χ3v) is 10.8. The van der Waals surface area contributed by atoms with Crippen LogP contribution in [-0.2, 0) is 33.2 Å². The van der Waals surface area contributed by atoms with E-state index in [1.165, 1.54) is 25.7 Å². The van der Waals surface area contributed by atoms with Crippen molar-refractivity contribution in [1.29, 1.82) is 0 Å². The molecule has 0 aromatic rings. The molecule has 19 nitrogen and oxygen atoms in total. The largest absolute Gasteiger partial charge is 0.394 e. The summed E-state index contributed by atoms with van der Waals surface area (Å²) in [7, 11) is 0. The highest BCUT2D eigenvalue weighted by atomic mass is 16.8. The van der Waals surface area contributed by atoms with Gasteiger partial charge in [0.15, 0.2) is 18.9 Å². The van der Waals surface area contributed by atoms with Crippen LogP contribution in [0, 0.1) is 0 Å². The van der Waals surface area contributed by atoms with E-state index in [0.717, 1.165) is 44.9 Å². The van der Waals surface area contributed by atoms with Gasteiger partial charge in [-0.2, -0.15) is 0 Å². The minimum absolute atomic E-state index is 0.236. The molecular formula is C39H71NO18. The minimum atomic E-state index is -1.97. The van der Waals surface area contributed by atoms with Gasteiger partial charge in [-0.15, -0.1) is 0 Å². The Morgan fingerprint density at radius 1 is 0.603 bits per heavy atom. The van der Waals surface area contributed by atoms with Crippen molar-refractivity contribution in [3.05, 3.63) is 12.2 Å². The van der Waals surface area contributed by atoms with Crippen LogP contribution in [0.3, 0.4) is 0 Å². The molecule has 3 aliphatic heterocycles. The Kier molecular flexibility index (Phi) is 23.5. The molecule has 17 atom stereocenters. The first kappa shape index (κ1) is 50.9. The number of hydrogen-bond acceptors (Lipinski definition) is 18. The van der Waals surface area contributed by atoms with Crippen LogP contribution in [-0.4, -0.2) is 193 Å². The molecule has 0 aromatic carbocycles. The van der Waals surface area contributed by atoms with Crippen molar-refractivity contribution in [3.63, 3.8) is 0 Å². The number of allylic oxidation sites excluding steroid dienone is 1. The van der Waals surface area contributed by atoms with Gasteiger partial charge in [0, 0.05) is 6.42 Å². The maximum atomic E-state index is 12.8. The van der Waals surface area contributed by atoms with E-state index in [-0.39, 0.29) is 18.9 Å². The molecule has 0 aliphatic carbocycles. The summed E-state index contributed by atoms with van der Waals surface area (Å²) >= 11 is 0. The highest BCUT2D eigenvalue weighted by Gasteiger charge is 2.53. The number of aliphatic hydroxyl groups excluding tert-OH is 11. The molecule has 0 saturated carbocycles. The summed E-state index contributed by atoms with van der Waals surface area (Å²) in [6, 6.07) is -0.959. The molecule has 58 heavy (non-hydrogen) atoms. The molecule has 3 saturated heterocycles. The molecule has 340 valence electrons. The van der Waals surface area contributed by atoms with Gasteiger partial charge in [-0.1, -0.05) is 83.8 Å². The summed E-state index contributed by atoms with van der Waals surface area (Å²) < 4.78 is 33.8. The van der Waals surface area contributed by atoms with E-state index in [1.807, 2.05) is 6.08 Å². The average Bonchev–Trinajstić information content (AvgIpc) is 3.22. The van der Waals surface area contributed by atoms with Crippen molar-refractivity contribution >= 4 is 5.91 Å². The Morgan fingerprint density at radius 2 is 1.07 bits per heavy atom. The fraction of sp³-hybridized carbons (Fsp3) is 0.923. The van der Waals surface area contributed by atoms with Gasteiger partial charge in [0.25, 0.3) is 0 Å². The van der Waals surface area contributed by atoms with Gasteiger partial charge in [0.05, 0.1) is 38.6 Å². The Bertz CT molecular complexity index is 1150. The quantitative estimate of drug-likeness (QED) is 0.0330. The van der Waals surface area contributed by atoms with Gasteiger partial charge in [0.1, 0.15) is 73.2 Å². The van der Waals surface area contributed by atoms with Gasteiger partial charge >= 0.3 is 0 Å². The van der Waals surface area contributed by atoms with Crippen molar-refractivity contribution in [2.45, 2.75) is 202 Å². The summed E-state index contributed by atoms with van der Waals surface area (Å²) in [6.07, 6.45) is -10.8. The summed E-state index contributed by atoms with van der Waals surface area (Å²) in [6.45, 7) is 1.46. The van der Waals surface area contributed by atoms with E-state index >= 15 is 0 Å². The maximum Gasteiger partial charge on any atom is 0.220 e. The second-order valence-electron chi connectivity index (χ2n) is 15.5. The number of carbonyl (C=O) groups excluding carboxylic acids is 1. The number of amides is 1. The number of carbonyl (C=O) groups is 1. The zero-order valence-electron chi connectivity index (χ0n) is 33.8. The molecule has 17 unspecified atom stereocenters. The van der Waals surface area contributed by atoms with E-state index in [9.17, 15) is 61.0 Å². The number of rotatable bonds is 26. The predicted molar refractivity (Wildman–Crippen MR) is 203 cm³/mol. The van der Waals surface area contributed by atoms with Crippen molar-refractivity contribution in [3.8, 4) is 0 Å². The number of aliphatic hydroxyl groups is 11. The van der Waals surface area contributed by atoms with Crippen molar-refractivity contribution in [2.75, 3.05) is 26.4 Å². The smallest absolute Gasteiger partial charge is 0.220 e. The number of nitrogens with one attached hydrogen (secondary N) is 1. The van der Waals surface area contributed by atoms with Crippen LogP contribution in [0.15, 0.2) is 12.2 Å². The van der Waals surface area contributed by atoms with E-state index < -0.39 is 124 Å². The molecule has 0 bridgehead atoms. The van der Waals surface area contributed by atoms with E-state index in [2.05, 4.69) is 19.2 Å². The van der Waals surface area contributed by atoms with Crippen molar-refractivity contribution in [1.82, 2.24) is 5.32 Å². The third kappa shape index (κ3) is 14.9. The fourth-order valence-electron chi connectivity index (χ4n) is 7.19. The monoisotopic (exact) mass is 841 g/mol. The zero-order chi connectivity index (χ0) is 42.8. The Labute approximate surface area is 340 Å². The molecule has 1 amide bonds. The summed E-state index contributed by atoms with van der Waals surface area (Å²) in [5.74, 6) is -0.300. The van der Waals surface area contributed by atoms with Gasteiger partial charge in [0.2, 0.25) is 5.91 Å². The molecule has 3 heterocycles. The maximum absolute atomic E-state index is 12.8. The third-order valence-electron chi connectivity index (χ3n) is 10.8. The van der Waals surface area contributed by atoms with Gasteiger partial charge < -0.3 is 89.9 Å². The van der Waals surface area contributed by atoms with Crippen LogP contribution in [0.25, 0.3) is 0 Å². The summed E-state index contributed by atoms with van der Waals surface area (Å²) in [4.78, 5) is 12.8. The zero-order valence-corrected chi connectivity index (χ0v) is 33.8. The Balaban J connectivity index is 1.63. The van der Waals surface area contributed by atoms with Crippen LogP contribution in [0.4, 0.5) is 0 Å². The van der Waals surface area contributed by atoms with Gasteiger partial charge in [-0.25, -0.2) is 0 Å². The van der Waals surface area contributed by atoms with E-state index in [4.69, 9.17) is 28.4 Å². The highest BCUT2D eigenvalue weighted by Crippen LogP contribution is 2.32. The first-order valence-corrected chi connectivity index (χ1v) is 20.9. The lowest BCUT2D eigenvalue weighted by atomic mass is 9.96. The predicted octanol–water partition coefficient (Wildman–Crippen LogP) is -2.04. The van der Waals surface area contributed by atoms with Gasteiger partial charge in [-0.05, 0) is 19.3 Å². The normalized spacial score (nSPS) is 36.9. The summed E-state index contributed by atoms with van der Waals surface area (Å²) in [5.41, 5.74) is 0. The lowest BCUT2D eigenvalue weighted by molar-refractivity contribution is -0.379. The van der Waals surface area contributed by atoms with Crippen LogP contribution in [0.5, 0.6) is 0 Å². The van der Waals surface area contributed by atoms with Crippen molar-refractivity contribution in [2.24, 2.45) is 0 Å². The second-order valence-corrected chi connectivity index (χ2v) is 15.5. The molecule has 3 aliphatic rings. The first-order valence-electron chi connectivity index (χ1n) is 20.9. The molecule has 19 heteroatoms. The van der Waals surface area contributed by atoms with E-state index in [1.54, 1.807) is 6.08 Å². The highest BCUT2D eigenvalue weighted by molar-refractivity contribution is 5.76. The lowest BCUT2D eigenvalue weighted by Crippen LogP contribution is -2.66. The minimum Gasteiger partial charge on any atom is -0.394 e. The van der Waals surface area contributed by atoms with Crippen LogP contribution >= 0.6 is 0 Å². The molecule has 3 fully saturated rings. The number of unbranched alkanes of at least 4 members (excludes halogenated alkanes) is 10. The number of hydrogen-bond donors (Lipinski definition) is 12. The SMILES string of the molecule is CCCCCCCCC/C=C/C(O)C(COC1OC(CO)C(OC2OC(CO)C(OC3OC(CO)C(O)C(O)C3O)C(O)C2O)C(O)C1O)NC(=O)CCCCCC. The lowest BCUT2D eigenvalue weighted by Gasteiger charge is -2.48. The molecule has 12 N–H and O–H groups in total. The van der Waals surface area contributed by atoms with Crippen molar-refractivity contribution < 1.29 is 89.4 Å². The molecule has 0 aromatic heterocycles. The van der Waals surface area contributed by atoms with Gasteiger partial charge in [-0.3, -0.25) is 4.79 Å². The Morgan fingerprint density at radius 3 is 1.62 bits per heavy atom. The van der Waals surface area contributed by atoms with Crippen LogP contribution in [0.1, 0.15) is 97.3 Å². The average molecular weight is 842 g/mol. The Hall–Kier alpha value is -1.47. The fourth-order valence-corrected chi connectivity index (χ4v) is 7.19. The number of ether oxygens (including phenoxy) is 6. The molecular weight excluding hydrogens is 770 g/mol. The molecule has 0 spiro atoms. The van der Waals surface area contributed by atoms with Crippen LogP contribution < -0.4 is 5.32 Å². The topological polar surface area (TPSA) is 307 Å². The summed E-state index contributed by atoms with van der Waals surface area (Å²) in [5, 5.41) is 118. The standard InChI is InChI=1S/C39H71NO18/c1-3-5-7-9-10-11-12-13-14-16-23(44)22(40-27(45)17-15-8-6-4-2)21-53-37-33(51)30(48)35(25(19-42)55-37)58-39-34(52)31(49)36(26(20-43)56-39)57-38-32(50)29(47)28(46)24(18-41)54-38/h14,16,22-26,28-39,41-44,46-52H,3-13,15,17-21H2,1-2H3,(H,40,45)/b16-14+. The van der Waals surface area contributed by atoms with Crippen LogP contribution in [0.2, 0.25) is 0 Å².